The minimum absolute atomic E-state index is 0.000191. The number of amides is 1. The first kappa shape index (κ1) is 17.5. The first-order valence-corrected chi connectivity index (χ1v) is 8.17. The van der Waals surface area contributed by atoms with Crippen molar-refractivity contribution in [1.29, 1.82) is 0 Å². The lowest BCUT2D eigenvalue weighted by molar-refractivity contribution is -0.120. The number of hydrogen-bond donors (Lipinski definition) is 3. The van der Waals surface area contributed by atoms with Crippen molar-refractivity contribution < 1.29 is 17.6 Å². The van der Waals surface area contributed by atoms with E-state index in [2.05, 4.69) is 15.4 Å². The van der Waals surface area contributed by atoms with Gasteiger partial charge in [-0.2, -0.15) is 0 Å². The molecular formula is C13H20FN3O3S. The summed E-state index contributed by atoms with van der Waals surface area (Å²) in [5.41, 5.74) is 0. The van der Waals surface area contributed by atoms with Gasteiger partial charge in [-0.25, -0.2) is 17.5 Å². The summed E-state index contributed by atoms with van der Waals surface area (Å²) in [6, 6.07) is 5.09. The Bertz CT molecular complexity index is 564. The number of hydrogen-bond acceptors (Lipinski definition) is 4. The largest absolute Gasteiger partial charge is 0.355 e. The molecule has 3 N–H and O–H groups in total. The molecule has 0 aliphatic rings. The van der Waals surface area contributed by atoms with E-state index in [9.17, 15) is 17.6 Å². The molecule has 0 bridgehead atoms. The fourth-order valence-electron chi connectivity index (χ4n) is 1.59. The van der Waals surface area contributed by atoms with Gasteiger partial charge < -0.3 is 10.6 Å². The third-order valence-corrected chi connectivity index (χ3v) is 4.14. The average molecular weight is 317 g/mol. The molecule has 21 heavy (non-hydrogen) atoms. The number of likely N-dealkylation sites (N-methyl/N-ethyl adjacent to an activating group) is 1. The first-order valence-electron chi connectivity index (χ1n) is 6.69. The van der Waals surface area contributed by atoms with Crippen LogP contribution in [0.25, 0.3) is 0 Å². The quantitative estimate of drug-likeness (QED) is 0.569. The van der Waals surface area contributed by atoms with Crippen LogP contribution in [0.3, 0.4) is 0 Å². The Morgan fingerprint density at radius 2 is 1.90 bits per heavy atom. The standard InChI is InChI=1S/C13H20FN3O3S/c1-2-15-9-10-16-13(18)7-8-17-21(19,20)12-6-4-3-5-11(12)14/h3-6,15,17H,2,7-10H2,1H3,(H,16,18). The van der Waals surface area contributed by atoms with Crippen LogP contribution in [-0.2, 0) is 14.8 Å². The van der Waals surface area contributed by atoms with Gasteiger partial charge in [-0.1, -0.05) is 19.1 Å². The zero-order valence-corrected chi connectivity index (χ0v) is 12.7. The lowest BCUT2D eigenvalue weighted by Gasteiger charge is -2.08. The number of nitrogens with one attached hydrogen (secondary N) is 3. The highest BCUT2D eigenvalue weighted by molar-refractivity contribution is 7.89. The summed E-state index contributed by atoms with van der Waals surface area (Å²) in [7, 11) is -3.93. The molecule has 1 aromatic rings. The molecule has 0 aromatic heterocycles. The van der Waals surface area contributed by atoms with E-state index in [1.165, 1.54) is 18.2 Å². The SMILES string of the molecule is CCNCCNC(=O)CCNS(=O)(=O)c1ccccc1F. The third kappa shape index (κ3) is 6.19. The van der Waals surface area contributed by atoms with Crippen molar-refractivity contribution in [2.24, 2.45) is 0 Å². The Morgan fingerprint density at radius 1 is 1.19 bits per heavy atom. The lowest BCUT2D eigenvalue weighted by atomic mass is 10.4. The van der Waals surface area contributed by atoms with Gasteiger partial charge in [0, 0.05) is 26.1 Å². The van der Waals surface area contributed by atoms with E-state index in [1.54, 1.807) is 0 Å². The van der Waals surface area contributed by atoms with Crippen LogP contribution in [0.2, 0.25) is 0 Å². The van der Waals surface area contributed by atoms with E-state index in [1.807, 2.05) is 6.92 Å². The molecule has 0 saturated carbocycles. The zero-order valence-electron chi connectivity index (χ0n) is 11.9. The lowest BCUT2D eigenvalue weighted by Crippen LogP contribution is -2.34. The molecule has 0 aliphatic heterocycles. The maximum absolute atomic E-state index is 13.4. The highest BCUT2D eigenvalue weighted by atomic mass is 32.2. The summed E-state index contributed by atoms with van der Waals surface area (Å²) in [5.74, 6) is -1.08. The van der Waals surface area contributed by atoms with Crippen LogP contribution in [0.4, 0.5) is 4.39 Å². The zero-order chi connectivity index (χ0) is 15.7. The number of rotatable bonds is 9. The number of carbonyl (C=O) groups is 1. The molecule has 0 saturated heterocycles. The first-order chi connectivity index (χ1) is 9.97. The normalized spacial score (nSPS) is 11.3. The molecule has 0 radical (unpaired) electrons. The predicted molar refractivity (Wildman–Crippen MR) is 77.8 cm³/mol. The van der Waals surface area contributed by atoms with E-state index in [0.29, 0.717) is 13.1 Å². The van der Waals surface area contributed by atoms with Crippen molar-refractivity contribution in [3.05, 3.63) is 30.1 Å². The van der Waals surface area contributed by atoms with Gasteiger partial charge >= 0.3 is 0 Å². The second kappa shape index (κ2) is 8.71. The monoisotopic (exact) mass is 317 g/mol. The highest BCUT2D eigenvalue weighted by Gasteiger charge is 2.18. The Balaban J connectivity index is 2.38. The van der Waals surface area contributed by atoms with Gasteiger partial charge in [0.1, 0.15) is 10.7 Å². The third-order valence-electron chi connectivity index (χ3n) is 2.64. The van der Waals surface area contributed by atoms with Crippen molar-refractivity contribution in [1.82, 2.24) is 15.4 Å². The van der Waals surface area contributed by atoms with Crippen LogP contribution in [-0.4, -0.2) is 40.5 Å². The molecule has 0 fully saturated rings. The number of sulfonamides is 1. The van der Waals surface area contributed by atoms with Crippen LogP contribution < -0.4 is 15.4 Å². The smallest absolute Gasteiger partial charge is 0.243 e. The molecule has 6 nitrogen and oxygen atoms in total. The van der Waals surface area contributed by atoms with Gasteiger partial charge in [0.25, 0.3) is 0 Å². The van der Waals surface area contributed by atoms with E-state index in [4.69, 9.17) is 0 Å². The van der Waals surface area contributed by atoms with Gasteiger partial charge in [0.2, 0.25) is 15.9 Å². The summed E-state index contributed by atoms with van der Waals surface area (Å²) in [6.45, 7) is 3.83. The number of carbonyl (C=O) groups excluding carboxylic acids is 1. The van der Waals surface area contributed by atoms with E-state index in [-0.39, 0.29) is 18.9 Å². The van der Waals surface area contributed by atoms with Gasteiger partial charge in [0.05, 0.1) is 0 Å². The summed E-state index contributed by atoms with van der Waals surface area (Å²) in [6.07, 6.45) is -0.000191. The minimum atomic E-state index is -3.93. The van der Waals surface area contributed by atoms with Crippen molar-refractivity contribution in [2.45, 2.75) is 18.2 Å². The molecule has 0 spiro atoms. The second-order valence-corrected chi connectivity index (χ2v) is 6.02. The molecule has 1 rings (SSSR count). The second-order valence-electron chi connectivity index (χ2n) is 4.28. The van der Waals surface area contributed by atoms with E-state index < -0.39 is 20.7 Å². The minimum Gasteiger partial charge on any atom is -0.355 e. The maximum Gasteiger partial charge on any atom is 0.243 e. The molecule has 0 aliphatic carbocycles. The molecule has 8 heteroatoms. The Kier molecular flexibility index (Phi) is 7.27. The summed E-state index contributed by atoms with van der Waals surface area (Å²) in [5, 5.41) is 5.69. The Hall–Kier alpha value is -1.51. The molecular weight excluding hydrogens is 297 g/mol. The maximum atomic E-state index is 13.4. The van der Waals surface area contributed by atoms with Crippen LogP contribution >= 0.6 is 0 Å². The summed E-state index contributed by atoms with van der Waals surface area (Å²) >= 11 is 0. The molecule has 118 valence electrons. The van der Waals surface area contributed by atoms with Gasteiger partial charge in [-0.15, -0.1) is 0 Å². The Morgan fingerprint density at radius 3 is 2.57 bits per heavy atom. The Labute approximate surface area is 124 Å². The van der Waals surface area contributed by atoms with Crippen LogP contribution in [0, 0.1) is 5.82 Å². The number of halogens is 1. The predicted octanol–water partition coefficient (Wildman–Crippen LogP) is 0.220. The molecule has 0 atom stereocenters. The molecule has 0 unspecified atom stereocenters. The fourth-order valence-corrected chi connectivity index (χ4v) is 2.70. The van der Waals surface area contributed by atoms with E-state index >= 15 is 0 Å². The molecule has 1 amide bonds. The molecule has 1 aromatic carbocycles. The van der Waals surface area contributed by atoms with Crippen molar-refractivity contribution in [2.75, 3.05) is 26.2 Å². The average Bonchev–Trinajstić information content (AvgIpc) is 2.44. The number of benzene rings is 1. The van der Waals surface area contributed by atoms with Crippen molar-refractivity contribution >= 4 is 15.9 Å². The molecule has 0 heterocycles. The van der Waals surface area contributed by atoms with E-state index in [0.717, 1.165) is 12.6 Å². The highest BCUT2D eigenvalue weighted by Crippen LogP contribution is 2.12. The van der Waals surface area contributed by atoms with Crippen LogP contribution in [0.15, 0.2) is 29.2 Å². The van der Waals surface area contributed by atoms with Crippen molar-refractivity contribution in [3.8, 4) is 0 Å². The van der Waals surface area contributed by atoms with Crippen LogP contribution in [0.5, 0.6) is 0 Å². The summed E-state index contributed by atoms with van der Waals surface area (Å²) < 4.78 is 39.3. The van der Waals surface area contributed by atoms with Crippen molar-refractivity contribution in [3.63, 3.8) is 0 Å². The van der Waals surface area contributed by atoms with Gasteiger partial charge in [-0.3, -0.25) is 4.79 Å². The van der Waals surface area contributed by atoms with Gasteiger partial charge in [0.15, 0.2) is 0 Å². The topological polar surface area (TPSA) is 87.3 Å². The summed E-state index contributed by atoms with van der Waals surface area (Å²) in [4.78, 5) is 11.0. The van der Waals surface area contributed by atoms with Gasteiger partial charge in [-0.05, 0) is 18.7 Å². The fraction of sp³-hybridized carbons (Fsp3) is 0.462. The van der Waals surface area contributed by atoms with Crippen LogP contribution in [0.1, 0.15) is 13.3 Å².